The molecule has 2 fully saturated rings. The summed E-state index contributed by atoms with van der Waals surface area (Å²) in [5, 5.41) is 4.25. The van der Waals surface area contributed by atoms with Gasteiger partial charge in [0.1, 0.15) is 0 Å². The number of anilines is 1. The Morgan fingerprint density at radius 3 is 2.78 bits per heavy atom. The quantitative estimate of drug-likeness (QED) is 0.935. The molecule has 4 nitrogen and oxygen atoms in total. The van der Waals surface area contributed by atoms with E-state index in [2.05, 4.69) is 35.3 Å². The molecular weight excluding hydrogens is 306 g/mol. The van der Waals surface area contributed by atoms with Crippen molar-refractivity contribution in [1.82, 2.24) is 10.3 Å². The molecule has 122 valence electrons. The minimum absolute atomic E-state index is 0.188. The third kappa shape index (κ3) is 3.20. The van der Waals surface area contributed by atoms with Crippen molar-refractivity contribution in [2.75, 3.05) is 18.0 Å². The number of aryl methyl sites for hydroxylation is 1. The van der Waals surface area contributed by atoms with E-state index in [9.17, 15) is 4.79 Å². The second-order valence-electron chi connectivity index (χ2n) is 6.70. The van der Waals surface area contributed by atoms with Gasteiger partial charge in [-0.05, 0) is 49.8 Å². The van der Waals surface area contributed by atoms with Gasteiger partial charge in [-0.15, -0.1) is 0 Å². The molecule has 0 atom stereocenters. The largest absolute Gasteiger partial charge is 0.353 e. The van der Waals surface area contributed by atoms with E-state index in [1.54, 1.807) is 11.3 Å². The van der Waals surface area contributed by atoms with Crippen LogP contribution in [0.4, 0.5) is 5.13 Å². The van der Waals surface area contributed by atoms with Crippen LogP contribution in [0.25, 0.3) is 10.2 Å². The zero-order valence-electron chi connectivity index (χ0n) is 13.5. The second kappa shape index (κ2) is 6.11. The van der Waals surface area contributed by atoms with Gasteiger partial charge in [-0.25, -0.2) is 4.98 Å². The molecule has 1 aromatic carbocycles. The van der Waals surface area contributed by atoms with Crippen LogP contribution in [-0.2, 0) is 11.2 Å². The smallest absolute Gasteiger partial charge is 0.223 e. The molecule has 1 N–H and O–H groups in total. The van der Waals surface area contributed by atoms with Crippen LogP contribution in [0.2, 0.25) is 0 Å². The van der Waals surface area contributed by atoms with Crippen LogP contribution in [0.1, 0.15) is 38.2 Å². The summed E-state index contributed by atoms with van der Waals surface area (Å²) in [4.78, 5) is 19.3. The maximum Gasteiger partial charge on any atom is 0.223 e. The standard InChI is InChI=1S/C18H23N3OS/c1-2-12-3-6-15-16(11-12)23-18(20-15)21-9-7-13(8-10-21)17(22)19-14-4-5-14/h3,6,11,13-14H,2,4-5,7-10H2,1H3,(H,19,22). The van der Waals surface area contributed by atoms with Crippen molar-refractivity contribution in [3.8, 4) is 0 Å². The van der Waals surface area contributed by atoms with Crippen LogP contribution in [0.3, 0.4) is 0 Å². The van der Waals surface area contributed by atoms with Crippen LogP contribution in [-0.4, -0.2) is 30.0 Å². The van der Waals surface area contributed by atoms with Gasteiger partial charge < -0.3 is 10.2 Å². The van der Waals surface area contributed by atoms with Gasteiger partial charge in [0.25, 0.3) is 0 Å². The highest BCUT2D eigenvalue weighted by Gasteiger charge is 2.30. The highest BCUT2D eigenvalue weighted by atomic mass is 32.1. The molecule has 1 aliphatic carbocycles. The monoisotopic (exact) mass is 329 g/mol. The molecule has 2 aromatic rings. The first-order chi connectivity index (χ1) is 11.2. The number of hydrogen-bond acceptors (Lipinski definition) is 4. The van der Waals surface area contributed by atoms with Crippen LogP contribution in [0.15, 0.2) is 18.2 Å². The third-order valence-electron chi connectivity index (χ3n) is 4.91. The molecule has 2 aliphatic rings. The summed E-state index contributed by atoms with van der Waals surface area (Å²) >= 11 is 1.78. The van der Waals surface area contributed by atoms with E-state index >= 15 is 0 Å². The summed E-state index contributed by atoms with van der Waals surface area (Å²) in [5.74, 6) is 0.456. The van der Waals surface area contributed by atoms with Crippen LogP contribution >= 0.6 is 11.3 Å². The van der Waals surface area contributed by atoms with Gasteiger partial charge in [0.05, 0.1) is 10.2 Å². The molecule has 1 aromatic heterocycles. The van der Waals surface area contributed by atoms with Crippen molar-refractivity contribution in [1.29, 1.82) is 0 Å². The van der Waals surface area contributed by atoms with Crippen molar-refractivity contribution in [3.63, 3.8) is 0 Å². The molecule has 1 saturated carbocycles. The molecule has 23 heavy (non-hydrogen) atoms. The fraction of sp³-hybridized carbons (Fsp3) is 0.556. The number of fused-ring (bicyclic) bond motifs is 1. The molecule has 2 heterocycles. The van der Waals surface area contributed by atoms with E-state index in [0.29, 0.717) is 6.04 Å². The van der Waals surface area contributed by atoms with Gasteiger partial charge >= 0.3 is 0 Å². The van der Waals surface area contributed by atoms with Gasteiger partial charge in [0.2, 0.25) is 5.91 Å². The molecule has 0 spiro atoms. The van der Waals surface area contributed by atoms with Gasteiger partial charge in [0, 0.05) is 25.0 Å². The van der Waals surface area contributed by atoms with Crippen LogP contribution in [0.5, 0.6) is 0 Å². The number of hydrogen-bond donors (Lipinski definition) is 1. The molecule has 0 radical (unpaired) electrons. The maximum absolute atomic E-state index is 12.2. The lowest BCUT2D eigenvalue weighted by atomic mass is 9.96. The second-order valence-corrected chi connectivity index (χ2v) is 7.71. The topological polar surface area (TPSA) is 45.2 Å². The average Bonchev–Trinajstić information content (AvgIpc) is 3.29. The summed E-state index contributed by atoms with van der Waals surface area (Å²) < 4.78 is 1.27. The molecule has 5 heteroatoms. The minimum atomic E-state index is 0.188. The van der Waals surface area contributed by atoms with Crippen molar-refractivity contribution >= 4 is 32.6 Å². The summed E-state index contributed by atoms with van der Waals surface area (Å²) in [6.45, 7) is 4.05. The maximum atomic E-state index is 12.2. The lowest BCUT2D eigenvalue weighted by Crippen LogP contribution is -2.41. The Labute approximate surface area is 140 Å². The van der Waals surface area contributed by atoms with Crippen molar-refractivity contribution in [2.45, 2.75) is 45.1 Å². The molecule has 1 aliphatic heterocycles. The fourth-order valence-corrected chi connectivity index (χ4v) is 4.27. The molecule has 1 saturated heterocycles. The van der Waals surface area contributed by atoms with Gasteiger partial charge in [-0.2, -0.15) is 0 Å². The number of nitrogens with one attached hydrogen (secondary N) is 1. The molecule has 4 rings (SSSR count). The Morgan fingerprint density at radius 1 is 1.30 bits per heavy atom. The van der Waals surface area contributed by atoms with Crippen LogP contribution in [0, 0.1) is 5.92 Å². The predicted molar refractivity (Wildman–Crippen MR) is 95.1 cm³/mol. The van der Waals surface area contributed by atoms with Gasteiger partial charge in [0.15, 0.2) is 5.13 Å². The van der Waals surface area contributed by atoms with Crippen molar-refractivity contribution in [3.05, 3.63) is 23.8 Å². The summed E-state index contributed by atoms with van der Waals surface area (Å²) in [7, 11) is 0. The van der Waals surface area contributed by atoms with E-state index < -0.39 is 0 Å². The number of thiazole rings is 1. The third-order valence-corrected chi connectivity index (χ3v) is 5.99. The molecule has 0 unspecified atom stereocenters. The molecule has 0 bridgehead atoms. The first kappa shape index (κ1) is 14.9. The predicted octanol–water partition coefficient (Wildman–Crippen LogP) is 3.35. The first-order valence-corrected chi connectivity index (χ1v) is 9.49. The minimum Gasteiger partial charge on any atom is -0.353 e. The fourth-order valence-electron chi connectivity index (χ4n) is 3.19. The summed E-state index contributed by atoms with van der Waals surface area (Å²) in [6.07, 6.45) is 5.26. The Balaban J connectivity index is 1.42. The number of carbonyl (C=O) groups excluding carboxylic acids is 1. The Bertz CT molecular complexity index is 714. The number of benzene rings is 1. The Hall–Kier alpha value is -1.62. The Kier molecular flexibility index (Phi) is 3.97. The van der Waals surface area contributed by atoms with Gasteiger partial charge in [-0.1, -0.05) is 24.3 Å². The average molecular weight is 329 g/mol. The zero-order valence-corrected chi connectivity index (χ0v) is 14.4. The first-order valence-electron chi connectivity index (χ1n) is 8.67. The van der Waals surface area contributed by atoms with E-state index in [1.165, 1.54) is 10.3 Å². The van der Waals surface area contributed by atoms with Crippen molar-refractivity contribution in [2.24, 2.45) is 5.92 Å². The number of aromatic nitrogens is 1. The Morgan fingerprint density at radius 2 is 2.09 bits per heavy atom. The van der Waals surface area contributed by atoms with Gasteiger partial charge in [-0.3, -0.25) is 4.79 Å². The number of amides is 1. The van der Waals surface area contributed by atoms with E-state index in [-0.39, 0.29) is 11.8 Å². The number of rotatable bonds is 4. The highest BCUT2D eigenvalue weighted by Crippen LogP contribution is 2.32. The SMILES string of the molecule is CCc1ccc2nc(N3CCC(C(=O)NC4CC4)CC3)sc2c1. The van der Waals surface area contributed by atoms with Crippen molar-refractivity contribution < 1.29 is 4.79 Å². The molecule has 1 amide bonds. The highest BCUT2D eigenvalue weighted by molar-refractivity contribution is 7.22. The van der Waals surface area contributed by atoms with E-state index in [1.807, 2.05) is 0 Å². The number of nitrogens with zero attached hydrogens (tertiary/aromatic N) is 2. The zero-order chi connectivity index (χ0) is 15.8. The lowest BCUT2D eigenvalue weighted by Gasteiger charge is -2.31. The number of piperidine rings is 1. The lowest BCUT2D eigenvalue weighted by molar-refractivity contribution is -0.125. The summed E-state index contributed by atoms with van der Waals surface area (Å²) in [5.41, 5.74) is 2.46. The number of carbonyl (C=O) groups is 1. The van der Waals surface area contributed by atoms with Crippen LogP contribution < -0.4 is 10.2 Å². The molecular formula is C18H23N3OS. The van der Waals surface area contributed by atoms with E-state index in [4.69, 9.17) is 4.98 Å². The normalized spacial score (nSPS) is 19.3. The van der Waals surface area contributed by atoms with E-state index in [0.717, 1.165) is 55.8 Å². The summed E-state index contributed by atoms with van der Waals surface area (Å²) in [6, 6.07) is 7.02.